The van der Waals surface area contributed by atoms with Gasteiger partial charge >= 0.3 is 0 Å². The van der Waals surface area contributed by atoms with Gasteiger partial charge in [0.25, 0.3) is 0 Å². The predicted octanol–water partition coefficient (Wildman–Crippen LogP) is 5.58. The van der Waals surface area contributed by atoms with Crippen LogP contribution in [0.15, 0.2) is 85.3 Å². The molecule has 10 heteroatoms. The number of ketones is 1. The highest BCUT2D eigenvalue weighted by molar-refractivity contribution is 6.03. The average Bonchev–Trinajstić information content (AvgIpc) is 3.38. The zero-order chi connectivity index (χ0) is 31.1. The van der Waals surface area contributed by atoms with Gasteiger partial charge < -0.3 is 20.9 Å². The summed E-state index contributed by atoms with van der Waals surface area (Å²) in [7, 11) is 0. The highest BCUT2D eigenvalue weighted by Crippen LogP contribution is 2.46. The van der Waals surface area contributed by atoms with E-state index in [9.17, 15) is 19.1 Å². The Labute approximate surface area is 253 Å². The fraction of sp³-hybridized carbons (Fsp3) is 0.206. The number of nitrogens with one attached hydrogen (secondary N) is 1. The second-order valence-electron chi connectivity index (χ2n) is 11.4. The van der Waals surface area contributed by atoms with E-state index in [1.807, 2.05) is 18.2 Å². The Balaban J connectivity index is 1.32. The Morgan fingerprint density at radius 1 is 1.09 bits per heavy atom. The van der Waals surface area contributed by atoms with Gasteiger partial charge in [-0.1, -0.05) is 6.07 Å². The maximum atomic E-state index is 13.7. The summed E-state index contributed by atoms with van der Waals surface area (Å²) in [4.78, 5) is 39.3. The van der Waals surface area contributed by atoms with Crippen LogP contribution < -0.4 is 15.8 Å². The van der Waals surface area contributed by atoms with Crippen molar-refractivity contribution in [2.24, 2.45) is 5.73 Å². The average molecular weight is 592 g/mol. The standard InChI is InChI=1S/C34H30FN5O4/c1-33(32(36)42)19-44-31-25(33)18-28(40-30(31)20-5-7-23(35)8-6-20)34(2,43)12-9-27(41)22-16-21-4-3-13-38-29(21)26(17-22)39-24-10-14-37-15-11-24/h3-8,10-11,13-18,43H,9,12,19H2,1-2H3,(H2,36,42)(H,37,39)/t33-,34-/m0/s1. The van der Waals surface area contributed by atoms with E-state index in [1.165, 1.54) is 12.1 Å². The Morgan fingerprint density at radius 3 is 2.57 bits per heavy atom. The van der Waals surface area contributed by atoms with Crippen LogP contribution in [0.25, 0.3) is 22.2 Å². The number of fused-ring (bicyclic) bond motifs is 2. The summed E-state index contributed by atoms with van der Waals surface area (Å²) < 4.78 is 19.6. The first kappa shape index (κ1) is 28.9. The van der Waals surface area contributed by atoms with Crippen LogP contribution in [0.5, 0.6) is 5.75 Å². The van der Waals surface area contributed by atoms with E-state index in [4.69, 9.17) is 15.5 Å². The topological polar surface area (TPSA) is 140 Å². The summed E-state index contributed by atoms with van der Waals surface area (Å²) >= 11 is 0. The number of aromatic nitrogens is 3. The quantitative estimate of drug-likeness (QED) is 0.189. The van der Waals surface area contributed by atoms with Crippen LogP contribution >= 0.6 is 0 Å². The number of anilines is 2. The smallest absolute Gasteiger partial charge is 0.231 e. The number of hydrogen-bond donors (Lipinski definition) is 3. The third kappa shape index (κ3) is 5.35. The molecule has 0 fully saturated rings. The van der Waals surface area contributed by atoms with Gasteiger partial charge in [-0.25, -0.2) is 9.37 Å². The minimum absolute atomic E-state index is 0.00169. The van der Waals surface area contributed by atoms with Gasteiger partial charge in [-0.3, -0.25) is 19.6 Å². The molecule has 1 aliphatic rings. The molecule has 0 spiro atoms. The third-order valence-electron chi connectivity index (χ3n) is 8.11. The number of carbonyl (C=O) groups excluding carboxylic acids is 2. The van der Waals surface area contributed by atoms with Gasteiger partial charge in [-0.05, 0) is 80.9 Å². The van der Waals surface area contributed by atoms with E-state index >= 15 is 0 Å². The van der Waals surface area contributed by atoms with Crippen molar-refractivity contribution < 1.29 is 23.8 Å². The van der Waals surface area contributed by atoms with Crippen LogP contribution in [0.4, 0.5) is 15.8 Å². The molecule has 1 aliphatic heterocycles. The van der Waals surface area contributed by atoms with Crippen molar-refractivity contribution in [3.63, 3.8) is 0 Å². The van der Waals surface area contributed by atoms with Crippen LogP contribution in [-0.4, -0.2) is 38.4 Å². The number of pyridine rings is 3. The second kappa shape index (κ2) is 11.1. The van der Waals surface area contributed by atoms with Crippen LogP contribution in [0.2, 0.25) is 0 Å². The number of nitrogens with two attached hydrogens (primary N) is 1. The van der Waals surface area contributed by atoms with E-state index in [0.717, 1.165) is 11.1 Å². The molecule has 4 N–H and O–H groups in total. The van der Waals surface area contributed by atoms with Gasteiger partial charge in [-0.15, -0.1) is 0 Å². The molecule has 6 rings (SSSR count). The Morgan fingerprint density at radius 2 is 1.84 bits per heavy atom. The number of primary amides is 1. The molecule has 4 heterocycles. The number of hydrogen-bond acceptors (Lipinski definition) is 8. The molecule has 2 aromatic carbocycles. The van der Waals surface area contributed by atoms with Crippen LogP contribution in [0, 0.1) is 5.82 Å². The lowest BCUT2D eigenvalue weighted by Crippen LogP contribution is -2.40. The van der Waals surface area contributed by atoms with Crippen molar-refractivity contribution in [1.82, 2.24) is 15.0 Å². The zero-order valence-electron chi connectivity index (χ0n) is 24.2. The lowest BCUT2D eigenvalue weighted by Gasteiger charge is -2.26. The molecule has 5 aromatic rings. The Bertz CT molecular complexity index is 1900. The minimum atomic E-state index is -1.57. The molecule has 0 radical (unpaired) electrons. The van der Waals surface area contributed by atoms with E-state index in [0.29, 0.717) is 39.3 Å². The fourth-order valence-corrected chi connectivity index (χ4v) is 5.34. The number of amides is 1. The number of rotatable bonds is 9. The molecule has 44 heavy (non-hydrogen) atoms. The molecule has 0 saturated heterocycles. The van der Waals surface area contributed by atoms with Crippen LogP contribution in [0.1, 0.15) is 48.3 Å². The lowest BCUT2D eigenvalue weighted by molar-refractivity contribution is -0.123. The summed E-state index contributed by atoms with van der Waals surface area (Å²) in [6.45, 7) is 3.25. The molecule has 2 atom stereocenters. The maximum absolute atomic E-state index is 13.7. The Hall–Kier alpha value is -5.22. The summed E-state index contributed by atoms with van der Waals surface area (Å²) in [5, 5.41) is 15.8. The number of halogens is 1. The largest absolute Gasteiger partial charge is 0.489 e. The number of benzene rings is 2. The van der Waals surface area contributed by atoms with Crippen molar-refractivity contribution in [2.45, 2.75) is 37.7 Å². The van der Waals surface area contributed by atoms with E-state index in [-0.39, 0.29) is 30.9 Å². The first-order valence-electron chi connectivity index (χ1n) is 14.1. The fourth-order valence-electron chi connectivity index (χ4n) is 5.34. The van der Waals surface area contributed by atoms with Crippen molar-refractivity contribution in [1.29, 1.82) is 0 Å². The summed E-state index contributed by atoms with van der Waals surface area (Å²) in [5.41, 5.74) is 7.29. The molecule has 0 bridgehead atoms. The van der Waals surface area contributed by atoms with E-state index in [1.54, 1.807) is 68.8 Å². The predicted molar refractivity (Wildman–Crippen MR) is 164 cm³/mol. The first-order valence-corrected chi connectivity index (χ1v) is 14.1. The summed E-state index contributed by atoms with van der Waals surface area (Å²) in [6.07, 6.45) is 5.06. The molecule has 0 saturated carbocycles. The van der Waals surface area contributed by atoms with Crippen molar-refractivity contribution in [3.8, 4) is 17.0 Å². The number of ether oxygens (including phenoxy) is 1. The number of carbonyl (C=O) groups is 2. The first-order chi connectivity index (χ1) is 21.0. The van der Waals surface area contributed by atoms with E-state index in [2.05, 4.69) is 15.3 Å². The van der Waals surface area contributed by atoms with Crippen LogP contribution in [-0.2, 0) is 15.8 Å². The van der Waals surface area contributed by atoms with Gasteiger partial charge in [0.1, 0.15) is 34.9 Å². The molecule has 222 valence electrons. The van der Waals surface area contributed by atoms with Gasteiger partial charge in [0.15, 0.2) is 5.78 Å². The second-order valence-corrected chi connectivity index (χ2v) is 11.4. The molecular formula is C34H30FN5O4. The Kier molecular flexibility index (Phi) is 7.30. The van der Waals surface area contributed by atoms with Gasteiger partial charge in [0.05, 0.1) is 16.9 Å². The highest BCUT2D eigenvalue weighted by atomic mass is 19.1. The maximum Gasteiger partial charge on any atom is 0.231 e. The summed E-state index contributed by atoms with van der Waals surface area (Å²) in [6, 6.07) is 18.2. The minimum Gasteiger partial charge on any atom is -0.489 e. The lowest BCUT2D eigenvalue weighted by atomic mass is 9.81. The normalized spacial score (nSPS) is 17.0. The van der Waals surface area contributed by atoms with Crippen molar-refractivity contribution in [2.75, 3.05) is 11.9 Å². The third-order valence-corrected chi connectivity index (χ3v) is 8.11. The zero-order valence-corrected chi connectivity index (χ0v) is 24.2. The molecule has 0 unspecified atom stereocenters. The monoisotopic (exact) mass is 591 g/mol. The molecule has 0 aliphatic carbocycles. The molecule has 1 amide bonds. The van der Waals surface area contributed by atoms with Crippen molar-refractivity contribution >= 4 is 34.0 Å². The van der Waals surface area contributed by atoms with Crippen molar-refractivity contribution in [3.05, 3.63) is 108 Å². The van der Waals surface area contributed by atoms with Gasteiger partial charge in [0, 0.05) is 52.8 Å². The van der Waals surface area contributed by atoms with Gasteiger partial charge in [-0.2, -0.15) is 0 Å². The number of nitrogens with zero attached hydrogens (tertiary/aromatic N) is 3. The molecule has 9 nitrogen and oxygen atoms in total. The number of Topliss-reactive ketones (excluding diaryl/α,β-unsaturated/α-hetero) is 1. The SMILES string of the molecule is C[C@](O)(CCC(=O)c1cc(Nc2ccncc2)c2ncccc2c1)c1cc2c(c(-c3ccc(F)cc3)n1)OC[C@]2(C)C(N)=O. The van der Waals surface area contributed by atoms with E-state index < -0.39 is 22.7 Å². The number of aliphatic hydroxyl groups is 1. The highest BCUT2D eigenvalue weighted by Gasteiger charge is 2.45. The van der Waals surface area contributed by atoms with Gasteiger partial charge in [0.2, 0.25) is 5.91 Å². The van der Waals surface area contributed by atoms with Crippen LogP contribution in [0.3, 0.4) is 0 Å². The molecular weight excluding hydrogens is 561 g/mol. The molecule has 3 aromatic heterocycles. The summed E-state index contributed by atoms with van der Waals surface area (Å²) in [5.74, 6) is -0.833.